The molecule has 0 saturated carbocycles. The maximum absolute atomic E-state index is 12.4. The van der Waals surface area contributed by atoms with Crippen LogP contribution in [0.3, 0.4) is 0 Å². The summed E-state index contributed by atoms with van der Waals surface area (Å²) in [5, 5.41) is 0. The number of ketones is 1. The van der Waals surface area contributed by atoms with Crippen molar-refractivity contribution >= 4 is 34.7 Å². The van der Waals surface area contributed by atoms with Gasteiger partial charge < -0.3 is 9.64 Å². The molecule has 2 aromatic rings. The summed E-state index contributed by atoms with van der Waals surface area (Å²) in [4.78, 5) is 38.2. The summed E-state index contributed by atoms with van der Waals surface area (Å²) in [6.07, 6.45) is 1.84. The van der Waals surface area contributed by atoms with Crippen molar-refractivity contribution in [1.82, 2.24) is 0 Å². The average molecular weight is 343 g/mol. The van der Waals surface area contributed by atoms with E-state index >= 15 is 0 Å². The lowest BCUT2D eigenvalue weighted by molar-refractivity contribution is -0.121. The number of thiophene rings is 1. The molecule has 24 heavy (non-hydrogen) atoms. The van der Waals surface area contributed by atoms with Gasteiger partial charge in [-0.15, -0.1) is 11.3 Å². The van der Waals surface area contributed by atoms with Gasteiger partial charge in [-0.2, -0.15) is 0 Å². The molecule has 0 unspecified atom stereocenters. The van der Waals surface area contributed by atoms with E-state index in [-0.39, 0.29) is 18.3 Å². The quantitative estimate of drug-likeness (QED) is 0.632. The molecular formula is C18H17NO4S. The molecule has 6 heteroatoms. The smallest absolute Gasteiger partial charge is 0.348 e. The van der Waals surface area contributed by atoms with Crippen molar-refractivity contribution in [1.29, 1.82) is 0 Å². The van der Waals surface area contributed by atoms with E-state index in [4.69, 9.17) is 4.74 Å². The molecule has 0 N–H and O–H groups in total. The monoisotopic (exact) mass is 343 g/mol. The Morgan fingerprint density at radius 1 is 1.12 bits per heavy atom. The SMILES string of the molecule is CC(=O)c1ccc(C(=O)OCC(=O)N2CCCc3ccccc32)s1. The molecule has 0 bridgehead atoms. The van der Waals surface area contributed by atoms with Gasteiger partial charge in [-0.3, -0.25) is 9.59 Å². The van der Waals surface area contributed by atoms with Crippen LogP contribution in [-0.2, 0) is 16.0 Å². The number of ether oxygens (including phenoxy) is 1. The van der Waals surface area contributed by atoms with Crippen molar-refractivity contribution in [2.45, 2.75) is 19.8 Å². The highest BCUT2D eigenvalue weighted by molar-refractivity contribution is 7.15. The lowest BCUT2D eigenvalue weighted by atomic mass is 10.0. The highest BCUT2D eigenvalue weighted by atomic mass is 32.1. The highest BCUT2D eigenvalue weighted by Crippen LogP contribution is 2.26. The number of hydrogen-bond donors (Lipinski definition) is 0. The summed E-state index contributed by atoms with van der Waals surface area (Å²) in [5.41, 5.74) is 2.02. The van der Waals surface area contributed by atoms with Gasteiger partial charge in [0.25, 0.3) is 5.91 Å². The van der Waals surface area contributed by atoms with Crippen molar-refractivity contribution in [3.8, 4) is 0 Å². The molecule has 0 radical (unpaired) electrons. The molecule has 0 atom stereocenters. The van der Waals surface area contributed by atoms with Gasteiger partial charge in [-0.25, -0.2) is 4.79 Å². The largest absolute Gasteiger partial charge is 0.451 e. The summed E-state index contributed by atoms with van der Waals surface area (Å²) in [5.74, 6) is -0.912. The molecule has 0 saturated heterocycles. The minimum absolute atomic E-state index is 0.0972. The maximum Gasteiger partial charge on any atom is 0.348 e. The third-order valence-electron chi connectivity index (χ3n) is 3.89. The van der Waals surface area contributed by atoms with Crippen molar-refractivity contribution in [2.75, 3.05) is 18.1 Å². The average Bonchev–Trinajstić information content (AvgIpc) is 3.09. The van der Waals surface area contributed by atoms with Crippen LogP contribution in [0.2, 0.25) is 0 Å². The number of fused-ring (bicyclic) bond motifs is 1. The number of rotatable bonds is 4. The lowest BCUT2D eigenvalue weighted by Gasteiger charge is -2.29. The first-order valence-corrected chi connectivity index (χ1v) is 8.54. The maximum atomic E-state index is 12.4. The van der Waals surface area contributed by atoms with Crippen molar-refractivity contribution in [2.24, 2.45) is 0 Å². The molecule has 1 aliphatic heterocycles. The first kappa shape index (κ1) is 16.4. The van der Waals surface area contributed by atoms with E-state index in [1.165, 1.54) is 6.92 Å². The number of aryl methyl sites for hydroxylation is 1. The number of Topliss-reactive ketones (excluding diaryl/α,β-unsaturated/α-hetero) is 1. The number of hydrogen-bond acceptors (Lipinski definition) is 5. The van der Waals surface area contributed by atoms with Crippen LogP contribution in [-0.4, -0.2) is 30.8 Å². The van der Waals surface area contributed by atoms with Crippen LogP contribution in [0, 0.1) is 0 Å². The summed E-state index contributed by atoms with van der Waals surface area (Å²) in [6.45, 7) is 1.76. The Morgan fingerprint density at radius 3 is 2.62 bits per heavy atom. The predicted molar refractivity (Wildman–Crippen MR) is 91.7 cm³/mol. The number of para-hydroxylation sites is 1. The number of benzene rings is 1. The van der Waals surface area contributed by atoms with Crippen LogP contribution < -0.4 is 4.90 Å². The summed E-state index contributed by atoms with van der Waals surface area (Å²) in [7, 11) is 0. The fraction of sp³-hybridized carbons (Fsp3) is 0.278. The molecule has 0 fully saturated rings. The van der Waals surface area contributed by atoms with Crippen LogP contribution in [0.25, 0.3) is 0 Å². The Morgan fingerprint density at radius 2 is 1.88 bits per heavy atom. The fourth-order valence-electron chi connectivity index (χ4n) is 2.71. The Hall–Kier alpha value is -2.47. The summed E-state index contributed by atoms with van der Waals surface area (Å²) in [6, 6.07) is 10.9. The predicted octanol–water partition coefficient (Wildman–Crippen LogP) is 3.09. The van der Waals surface area contributed by atoms with E-state index in [9.17, 15) is 14.4 Å². The van der Waals surface area contributed by atoms with Gasteiger partial charge in [0.05, 0.1) is 4.88 Å². The molecule has 1 amide bonds. The molecule has 0 spiro atoms. The molecule has 5 nitrogen and oxygen atoms in total. The van der Waals surface area contributed by atoms with Crippen molar-refractivity contribution in [3.63, 3.8) is 0 Å². The van der Waals surface area contributed by atoms with Crippen LogP contribution in [0.1, 0.15) is 38.3 Å². The third-order valence-corrected chi connectivity index (χ3v) is 5.06. The second kappa shape index (κ2) is 6.97. The van der Waals surface area contributed by atoms with Crippen LogP contribution in [0.15, 0.2) is 36.4 Å². The first-order valence-electron chi connectivity index (χ1n) is 7.72. The molecule has 0 aliphatic carbocycles. The molecule has 1 aromatic heterocycles. The van der Waals surface area contributed by atoms with Crippen molar-refractivity contribution in [3.05, 3.63) is 51.7 Å². The van der Waals surface area contributed by atoms with Gasteiger partial charge in [0.1, 0.15) is 4.88 Å². The normalized spacial score (nSPS) is 13.3. The molecule has 3 rings (SSSR count). The standard InChI is InChI=1S/C18H17NO4S/c1-12(20)15-8-9-16(24-15)18(22)23-11-17(21)19-10-4-6-13-5-2-3-7-14(13)19/h2-3,5,7-9H,4,6,10-11H2,1H3. The van der Waals surface area contributed by atoms with Gasteiger partial charge in [0.15, 0.2) is 12.4 Å². The Balaban J connectivity index is 1.63. The topological polar surface area (TPSA) is 63.7 Å². The minimum Gasteiger partial charge on any atom is -0.451 e. The second-order valence-electron chi connectivity index (χ2n) is 5.57. The van der Waals surface area contributed by atoms with E-state index in [1.807, 2.05) is 24.3 Å². The lowest BCUT2D eigenvalue weighted by Crippen LogP contribution is -2.38. The number of nitrogens with zero attached hydrogens (tertiary/aromatic N) is 1. The van der Waals surface area contributed by atoms with E-state index < -0.39 is 5.97 Å². The van der Waals surface area contributed by atoms with E-state index in [2.05, 4.69) is 0 Å². The van der Waals surface area contributed by atoms with E-state index in [0.29, 0.717) is 16.3 Å². The third kappa shape index (κ3) is 3.38. The van der Waals surface area contributed by atoms with E-state index in [1.54, 1.807) is 17.0 Å². The number of anilines is 1. The van der Waals surface area contributed by atoms with Gasteiger partial charge in [-0.05, 0) is 43.5 Å². The van der Waals surface area contributed by atoms with Crippen LogP contribution in [0.5, 0.6) is 0 Å². The zero-order valence-electron chi connectivity index (χ0n) is 13.3. The van der Waals surface area contributed by atoms with Crippen LogP contribution in [0.4, 0.5) is 5.69 Å². The zero-order valence-corrected chi connectivity index (χ0v) is 14.1. The number of carbonyl (C=O) groups excluding carboxylic acids is 3. The minimum atomic E-state index is -0.578. The summed E-state index contributed by atoms with van der Waals surface area (Å²) >= 11 is 1.08. The van der Waals surface area contributed by atoms with Gasteiger partial charge in [0.2, 0.25) is 0 Å². The fourth-order valence-corrected chi connectivity index (χ4v) is 3.50. The van der Waals surface area contributed by atoms with Gasteiger partial charge >= 0.3 is 5.97 Å². The Bertz CT molecular complexity index is 796. The molecule has 124 valence electrons. The zero-order chi connectivity index (χ0) is 17.1. The summed E-state index contributed by atoms with van der Waals surface area (Å²) < 4.78 is 5.12. The van der Waals surface area contributed by atoms with Crippen LogP contribution >= 0.6 is 11.3 Å². The second-order valence-corrected chi connectivity index (χ2v) is 6.66. The first-order chi connectivity index (χ1) is 11.6. The molecular weight excluding hydrogens is 326 g/mol. The van der Waals surface area contributed by atoms with Gasteiger partial charge in [-0.1, -0.05) is 18.2 Å². The Labute approximate surface area is 143 Å². The highest BCUT2D eigenvalue weighted by Gasteiger charge is 2.23. The van der Waals surface area contributed by atoms with Crippen molar-refractivity contribution < 1.29 is 19.1 Å². The Kier molecular flexibility index (Phi) is 4.76. The van der Waals surface area contributed by atoms with Gasteiger partial charge in [0, 0.05) is 12.2 Å². The number of amides is 1. The molecule has 2 heterocycles. The number of esters is 1. The van der Waals surface area contributed by atoms with E-state index in [0.717, 1.165) is 35.4 Å². The molecule has 1 aliphatic rings. The molecule has 1 aromatic carbocycles. The number of carbonyl (C=O) groups is 3.